The third-order valence-electron chi connectivity index (χ3n) is 9.83. The van der Waals surface area contributed by atoms with E-state index in [9.17, 15) is 10.2 Å². The van der Waals surface area contributed by atoms with Crippen molar-refractivity contribution in [2.75, 3.05) is 13.7 Å². The lowest BCUT2D eigenvalue weighted by Crippen LogP contribution is -2.37. The van der Waals surface area contributed by atoms with Crippen LogP contribution in [0, 0.1) is 51.2 Å². The molecule has 2 N–H and O–H groups in total. The monoisotopic (exact) mass is 615 g/mol. The number of methoxy groups -OCH3 is 1. The Hall–Kier alpha value is -0.120. The summed E-state index contributed by atoms with van der Waals surface area (Å²) in [5.41, 5.74) is 1.40. The van der Waals surface area contributed by atoms with Crippen LogP contribution in [0.3, 0.4) is 0 Å². The van der Waals surface area contributed by atoms with Crippen LogP contribution < -0.4 is 0 Å². The SMILES string of the molecule is C.C.CC(C)(C)CCC1CCC(C(C)(C)C)C(O)C1.CC(C)(C)CCC1CCC(O)C(C(C)(C)C)C1.CCC(C)COC. The van der Waals surface area contributed by atoms with E-state index in [1.165, 1.54) is 57.8 Å². The molecule has 2 aliphatic carbocycles. The van der Waals surface area contributed by atoms with Crippen LogP contribution >= 0.6 is 0 Å². The van der Waals surface area contributed by atoms with E-state index in [0.29, 0.717) is 22.7 Å². The van der Waals surface area contributed by atoms with Gasteiger partial charge in [0.05, 0.1) is 12.2 Å². The maximum atomic E-state index is 10.3. The lowest BCUT2D eigenvalue weighted by Gasteiger charge is -2.41. The number of hydrogen-bond donors (Lipinski definition) is 2. The van der Waals surface area contributed by atoms with Crippen molar-refractivity contribution in [3.05, 3.63) is 0 Å². The number of ether oxygens (including phenoxy) is 1. The molecule has 0 bridgehead atoms. The van der Waals surface area contributed by atoms with Gasteiger partial charge < -0.3 is 14.9 Å². The van der Waals surface area contributed by atoms with E-state index >= 15 is 0 Å². The molecule has 3 nitrogen and oxygen atoms in total. The summed E-state index contributed by atoms with van der Waals surface area (Å²) < 4.78 is 4.89. The minimum atomic E-state index is -0.0753. The summed E-state index contributed by atoms with van der Waals surface area (Å²) in [6.45, 7) is 32.8. The average molecular weight is 615 g/mol. The van der Waals surface area contributed by atoms with Crippen molar-refractivity contribution in [3.63, 3.8) is 0 Å². The van der Waals surface area contributed by atoms with Gasteiger partial charge in [-0.1, -0.05) is 118 Å². The molecule has 0 aliphatic heterocycles. The van der Waals surface area contributed by atoms with Gasteiger partial charge in [0.25, 0.3) is 0 Å². The normalized spacial score (nSPS) is 27.3. The molecule has 0 radical (unpaired) electrons. The maximum absolute atomic E-state index is 10.3. The van der Waals surface area contributed by atoms with E-state index in [0.717, 1.165) is 37.2 Å². The summed E-state index contributed by atoms with van der Waals surface area (Å²) in [6, 6.07) is 0. The third-order valence-corrected chi connectivity index (χ3v) is 9.83. The first-order valence-corrected chi connectivity index (χ1v) is 17.3. The van der Waals surface area contributed by atoms with Gasteiger partial charge in [0.1, 0.15) is 0 Å². The van der Waals surface area contributed by atoms with Gasteiger partial charge in [-0.15, -0.1) is 0 Å². The fraction of sp³-hybridized carbons (Fsp3) is 1.00. The van der Waals surface area contributed by atoms with Gasteiger partial charge in [-0.3, -0.25) is 0 Å². The van der Waals surface area contributed by atoms with Crippen molar-refractivity contribution in [2.24, 2.45) is 51.2 Å². The molecule has 2 saturated carbocycles. The standard InChI is InChI=1S/2C16H32O.C6H14O.2CH4/c1-15(2,3)10-9-12-7-8-14(17)13(11-12)16(4,5)6;1-15(2,3)10-9-12-7-8-13(14(17)11-12)16(4,5)6;1-4-6(2)5-7-3;;/h2*12-14,17H,7-11H2,1-6H3;6H,4-5H2,1-3H3;2*1H4. The zero-order chi connectivity index (χ0) is 32.2. The fourth-order valence-corrected chi connectivity index (χ4v) is 6.61. The number of hydrogen-bond acceptors (Lipinski definition) is 3. The first-order valence-electron chi connectivity index (χ1n) is 17.3. The van der Waals surface area contributed by atoms with Gasteiger partial charge in [0.2, 0.25) is 0 Å². The molecule has 264 valence electrons. The molecule has 2 aliphatic rings. The van der Waals surface area contributed by atoms with E-state index in [4.69, 9.17) is 4.74 Å². The molecule has 0 aromatic rings. The van der Waals surface area contributed by atoms with Crippen molar-refractivity contribution in [2.45, 2.75) is 195 Å². The predicted octanol–water partition coefficient (Wildman–Crippen LogP) is 12.2. The van der Waals surface area contributed by atoms with E-state index in [-0.39, 0.29) is 37.9 Å². The first-order chi connectivity index (χ1) is 18.5. The maximum Gasteiger partial charge on any atom is 0.0576 e. The van der Waals surface area contributed by atoms with Gasteiger partial charge in [-0.05, 0) is 115 Å². The van der Waals surface area contributed by atoms with Crippen LogP contribution in [0.15, 0.2) is 0 Å². The van der Waals surface area contributed by atoms with Crippen LogP contribution in [0.25, 0.3) is 0 Å². The molecule has 0 aromatic heterocycles. The van der Waals surface area contributed by atoms with Crippen molar-refractivity contribution < 1.29 is 14.9 Å². The average Bonchev–Trinajstić information content (AvgIpc) is 2.80. The predicted molar refractivity (Wildman–Crippen MR) is 195 cm³/mol. The van der Waals surface area contributed by atoms with Crippen LogP contribution in [-0.4, -0.2) is 36.1 Å². The molecule has 0 saturated heterocycles. The van der Waals surface area contributed by atoms with Gasteiger partial charge in [-0.25, -0.2) is 0 Å². The lowest BCUT2D eigenvalue weighted by atomic mass is 9.66. The van der Waals surface area contributed by atoms with Crippen molar-refractivity contribution >= 4 is 0 Å². The molecule has 0 spiro atoms. The fourth-order valence-electron chi connectivity index (χ4n) is 6.61. The molecule has 7 unspecified atom stereocenters. The molecule has 0 aromatic carbocycles. The molecule has 3 heteroatoms. The summed E-state index contributed by atoms with van der Waals surface area (Å²) in [6.07, 6.45) is 13.3. The van der Waals surface area contributed by atoms with E-state index in [1.54, 1.807) is 7.11 Å². The Kier molecular flexibility index (Phi) is 23.0. The summed E-state index contributed by atoms with van der Waals surface area (Å²) >= 11 is 0. The van der Waals surface area contributed by atoms with Crippen LogP contribution in [0.1, 0.15) is 182 Å². The second kappa shape index (κ2) is 20.9. The molecular formula is C40H86O3. The molecule has 7 atom stereocenters. The van der Waals surface area contributed by atoms with Gasteiger partial charge in [0, 0.05) is 13.7 Å². The van der Waals surface area contributed by atoms with Crippen LogP contribution in [-0.2, 0) is 4.74 Å². The Morgan fingerprint density at radius 3 is 1.37 bits per heavy atom. The summed E-state index contributed by atoms with van der Waals surface area (Å²) in [7, 11) is 1.74. The smallest absolute Gasteiger partial charge is 0.0576 e. The molecular weight excluding hydrogens is 528 g/mol. The van der Waals surface area contributed by atoms with E-state index in [1.807, 2.05) is 0 Å². The third kappa shape index (κ3) is 22.1. The van der Waals surface area contributed by atoms with Crippen LogP contribution in [0.5, 0.6) is 0 Å². The highest BCUT2D eigenvalue weighted by Gasteiger charge is 2.37. The Bertz CT molecular complexity index is 657. The summed E-state index contributed by atoms with van der Waals surface area (Å²) in [4.78, 5) is 0. The van der Waals surface area contributed by atoms with Crippen molar-refractivity contribution in [1.29, 1.82) is 0 Å². The Morgan fingerprint density at radius 1 is 0.628 bits per heavy atom. The molecule has 0 amide bonds. The number of aliphatic hydroxyl groups is 2. The number of aliphatic hydroxyl groups excluding tert-OH is 2. The highest BCUT2D eigenvalue weighted by atomic mass is 16.5. The van der Waals surface area contributed by atoms with Crippen molar-refractivity contribution in [1.82, 2.24) is 0 Å². The zero-order valence-corrected chi connectivity index (χ0v) is 30.8. The van der Waals surface area contributed by atoms with Gasteiger partial charge in [0.15, 0.2) is 0 Å². The zero-order valence-electron chi connectivity index (χ0n) is 30.8. The molecule has 0 heterocycles. The highest BCUT2D eigenvalue weighted by Crippen LogP contribution is 2.43. The highest BCUT2D eigenvalue weighted by molar-refractivity contribution is 4.88. The van der Waals surface area contributed by atoms with Gasteiger partial charge in [-0.2, -0.15) is 0 Å². The second-order valence-corrected chi connectivity index (χ2v) is 18.6. The first kappa shape index (κ1) is 47.3. The van der Waals surface area contributed by atoms with Crippen LogP contribution in [0.2, 0.25) is 0 Å². The lowest BCUT2D eigenvalue weighted by molar-refractivity contribution is -0.0117. The largest absolute Gasteiger partial charge is 0.393 e. The molecule has 2 fully saturated rings. The van der Waals surface area contributed by atoms with E-state index in [2.05, 4.69) is 96.9 Å². The minimum absolute atomic E-state index is 0. The Morgan fingerprint density at radius 2 is 1.05 bits per heavy atom. The topological polar surface area (TPSA) is 49.7 Å². The van der Waals surface area contributed by atoms with E-state index < -0.39 is 0 Å². The van der Waals surface area contributed by atoms with Crippen LogP contribution in [0.4, 0.5) is 0 Å². The summed E-state index contributed by atoms with van der Waals surface area (Å²) in [5, 5.41) is 20.5. The molecule has 2 rings (SSSR count). The second-order valence-electron chi connectivity index (χ2n) is 18.6. The van der Waals surface area contributed by atoms with Crippen molar-refractivity contribution in [3.8, 4) is 0 Å². The quantitative estimate of drug-likeness (QED) is 0.300. The Balaban J connectivity index is -0.000000590. The number of rotatable bonds is 7. The Labute approximate surface area is 274 Å². The molecule has 43 heavy (non-hydrogen) atoms. The van der Waals surface area contributed by atoms with Gasteiger partial charge >= 0.3 is 0 Å². The minimum Gasteiger partial charge on any atom is -0.393 e. The summed E-state index contributed by atoms with van der Waals surface area (Å²) in [5.74, 6) is 3.30.